The fourth-order valence-corrected chi connectivity index (χ4v) is 5.92. The van der Waals surface area contributed by atoms with Gasteiger partial charge in [0, 0.05) is 17.3 Å². The van der Waals surface area contributed by atoms with Crippen LogP contribution in [0.15, 0.2) is 47.2 Å². The van der Waals surface area contributed by atoms with Gasteiger partial charge in [0.05, 0.1) is 27.8 Å². The van der Waals surface area contributed by atoms with E-state index in [1.54, 1.807) is 0 Å². The van der Waals surface area contributed by atoms with E-state index in [1.807, 2.05) is 16.9 Å². The molecule has 1 aliphatic carbocycles. The van der Waals surface area contributed by atoms with E-state index in [2.05, 4.69) is 72.4 Å². The van der Waals surface area contributed by atoms with Crippen molar-refractivity contribution in [2.24, 2.45) is 11.8 Å². The minimum atomic E-state index is 0.331. The molecule has 0 aromatic carbocycles. The van der Waals surface area contributed by atoms with E-state index in [4.69, 9.17) is 15.1 Å². The van der Waals surface area contributed by atoms with E-state index in [9.17, 15) is 0 Å². The summed E-state index contributed by atoms with van der Waals surface area (Å²) < 4.78 is 3.12. The lowest BCUT2D eigenvalue weighted by atomic mass is 9.90. The first kappa shape index (κ1) is 22.5. The third-order valence-corrected chi connectivity index (χ3v) is 7.85. The third-order valence-electron chi connectivity index (χ3n) is 6.98. The second-order valence-electron chi connectivity index (χ2n) is 9.72. The van der Waals surface area contributed by atoms with Gasteiger partial charge in [-0.05, 0) is 84.1 Å². The maximum absolute atomic E-state index is 5.16. The molecule has 2 aliphatic rings. The van der Waals surface area contributed by atoms with Gasteiger partial charge in [-0.3, -0.25) is 4.98 Å². The molecule has 1 fully saturated rings. The molecule has 33 heavy (non-hydrogen) atoms. The van der Waals surface area contributed by atoms with Crippen LogP contribution in [-0.4, -0.2) is 32.7 Å². The van der Waals surface area contributed by atoms with Crippen molar-refractivity contribution in [3.8, 4) is 11.1 Å². The lowest BCUT2D eigenvalue weighted by Gasteiger charge is -2.23. The highest BCUT2D eigenvalue weighted by Gasteiger charge is 2.23. The molecule has 0 spiro atoms. The second-order valence-corrected chi connectivity index (χ2v) is 10.5. The molecule has 3 aromatic heterocycles. The number of pyridine rings is 1. The number of aromatic nitrogens is 4. The fraction of sp³-hybridized carbons (Fsp3) is 0.444. The van der Waals surface area contributed by atoms with Gasteiger partial charge in [0.25, 0.3) is 0 Å². The number of hydrogen-bond donors (Lipinski definition) is 1. The van der Waals surface area contributed by atoms with E-state index < -0.39 is 0 Å². The summed E-state index contributed by atoms with van der Waals surface area (Å²) in [6.07, 6.45) is 14.9. The molecule has 0 radical (unpaired) electrons. The molecule has 4 heterocycles. The fourth-order valence-electron chi connectivity index (χ4n) is 5.05. The highest BCUT2D eigenvalue weighted by Crippen LogP contribution is 2.34. The van der Waals surface area contributed by atoms with Crippen molar-refractivity contribution in [2.45, 2.75) is 52.4 Å². The Kier molecular flexibility index (Phi) is 6.48. The lowest BCUT2D eigenvalue weighted by molar-refractivity contribution is 0.369. The Bertz CT molecular complexity index is 1200. The van der Waals surface area contributed by atoms with E-state index in [1.165, 1.54) is 24.1 Å². The molecule has 0 bridgehead atoms. The first-order valence-electron chi connectivity index (χ1n) is 12.1. The van der Waals surface area contributed by atoms with Crippen molar-refractivity contribution in [3.05, 3.63) is 64.3 Å². The molecule has 1 N–H and O–H groups in total. The van der Waals surface area contributed by atoms with Crippen molar-refractivity contribution < 1.29 is 0 Å². The van der Waals surface area contributed by atoms with E-state index in [0.717, 1.165) is 58.6 Å². The minimum absolute atomic E-state index is 0.331. The lowest BCUT2D eigenvalue weighted by Crippen LogP contribution is -2.29. The molecule has 172 valence electrons. The predicted octanol–water partition coefficient (Wildman–Crippen LogP) is 6.20. The van der Waals surface area contributed by atoms with Gasteiger partial charge in [0.1, 0.15) is 0 Å². The Morgan fingerprint density at radius 1 is 1.18 bits per heavy atom. The van der Waals surface area contributed by atoms with Gasteiger partial charge in [-0.1, -0.05) is 45.1 Å². The van der Waals surface area contributed by atoms with Crippen LogP contribution in [0.3, 0.4) is 0 Å². The van der Waals surface area contributed by atoms with Crippen molar-refractivity contribution >= 4 is 27.2 Å². The van der Waals surface area contributed by atoms with Crippen LogP contribution in [0.5, 0.6) is 0 Å². The van der Waals surface area contributed by atoms with Crippen molar-refractivity contribution in [1.29, 1.82) is 0 Å². The van der Waals surface area contributed by atoms with Crippen LogP contribution in [0.25, 0.3) is 22.3 Å². The molecule has 1 unspecified atom stereocenters. The minimum Gasteiger partial charge on any atom is -0.317 e. The number of rotatable bonds is 5. The van der Waals surface area contributed by atoms with Crippen molar-refractivity contribution in [2.75, 3.05) is 13.1 Å². The molecule has 1 atom stereocenters. The summed E-state index contributed by atoms with van der Waals surface area (Å²) in [5.74, 6) is 1.50. The van der Waals surface area contributed by atoms with Gasteiger partial charge < -0.3 is 5.32 Å². The van der Waals surface area contributed by atoms with E-state index in [0.29, 0.717) is 17.8 Å². The van der Waals surface area contributed by atoms with Crippen LogP contribution < -0.4 is 5.32 Å². The van der Waals surface area contributed by atoms with Gasteiger partial charge in [0.15, 0.2) is 5.65 Å². The normalized spacial score (nSPS) is 19.4. The average molecular weight is 506 g/mol. The van der Waals surface area contributed by atoms with Gasteiger partial charge in [-0.25, -0.2) is 9.50 Å². The Balaban J connectivity index is 1.54. The van der Waals surface area contributed by atoms with Crippen LogP contribution in [0.4, 0.5) is 0 Å². The van der Waals surface area contributed by atoms with Crippen LogP contribution in [-0.2, 0) is 6.42 Å². The number of nitrogens with one attached hydrogen (secondary N) is 1. The second kappa shape index (κ2) is 9.51. The smallest absolute Gasteiger partial charge is 0.163 e. The zero-order valence-corrected chi connectivity index (χ0v) is 21.3. The first-order chi connectivity index (χ1) is 16.0. The third kappa shape index (κ3) is 4.43. The number of fused-ring (bicyclic) bond motifs is 1. The summed E-state index contributed by atoms with van der Waals surface area (Å²) >= 11 is 3.89. The Hall–Kier alpha value is -2.31. The van der Waals surface area contributed by atoms with Crippen LogP contribution in [0, 0.1) is 11.8 Å². The summed E-state index contributed by atoms with van der Waals surface area (Å²) in [6.45, 7) is 8.90. The molecular weight excluding hydrogens is 474 g/mol. The van der Waals surface area contributed by atoms with Crippen molar-refractivity contribution in [1.82, 2.24) is 24.9 Å². The van der Waals surface area contributed by atoms with E-state index >= 15 is 0 Å². The van der Waals surface area contributed by atoms with Crippen LogP contribution >= 0.6 is 15.9 Å². The zero-order valence-electron chi connectivity index (χ0n) is 19.7. The molecule has 5 nitrogen and oxygen atoms in total. The largest absolute Gasteiger partial charge is 0.317 e. The Morgan fingerprint density at radius 3 is 2.70 bits per heavy atom. The average Bonchev–Trinajstić information content (AvgIpc) is 3.23. The first-order valence-corrected chi connectivity index (χ1v) is 12.9. The molecule has 3 aromatic rings. The summed E-state index contributed by atoms with van der Waals surface area (Å²) in [5, 5.41) is 8.23. The number of allylic oxidation sites excluding steroid dienone is 4. The highest BCUT2D eigenvalue weighted by atomic mass is 79.9. The monoisotopic (exact) mass is 505 g/mol. The van der Waals surface area contributed by atoms with Crippen LogP contribution in [0.2, 0.25) is 0 Å². The number of hydrogen-bond acceptors (Lipinski definition) is 4. The summed E-state index contributed by atoms with van der Waals surface area (Å²) in [7, 11) is 0. The van der Waals surface area contributed by atoms with Crippen molar-refractivity contribution in [3.63, 3.8) is 0 Å². The summed E-state index contributed by atoms with van der Waals surface area (Å²) in [6, 6.07) is 4.30. The van der Waals surface area contributed by atoms with Gasteiger partial charge >= 0.3 is 0 Å². The topological polar surface area (TPSA) is 55.1 Å². The maximum atomic E-state index is 5.16. The summed E-state index contributed by atoms with van der Waals surface area (Å²) in [5.41, 5.74) is 7.72. The Morgan fingerprint density at radius 2 is 2.00 bits per heavy atom. The molecule has 1 aliphatic heterocycles. The van der Waals surface area contributed by atoms with Crippen LogP contribution in [0.1, 0.15) is 63.0 Å². The van der Waals surface area contributed by atoms with Gasteiger partial charge in [-0.2, -0.15) is 5.10 Å². The Labute approximate surface area is 204 Å². The highest BCUT2D eigenvalue weighted by molar-refractivity contribution is 9.10. The van der Waals surface area contributed by atoms with Gasteiger partial charge in [0.2, 0.25) is 0 Å². The quantitative estimate of drug-likeness (QED) is 0.448. The molecule has 6 heteroatoms. The molecule has 0 amide bonds. The molecule has 1 saturated heterocycles. The number of halogens is 1. The molecule has 5 rings (SSSR count). The standard InChI is InChI=1S/C27H32BrN5/c1-17(2)26-25(28)24(14-19-10-12-29-13-11-19)32-27-22(16-31-33(26)27)20-8-9-23(30-15-20)21-7-5-4-6-18(21)3/h4-5,7-9,15-19,29H,6,10-14H2,1-3H3. The van der Waals surface area contributed by atoms with E-state index in [-0.39, 0.29) is 0 Å². The molecule has 0 saturated carbocycles. The maximum Gasteiger partial charge on any atom is 0.163 e. The zero-order chi connectivity index (χ0) is 22.9. The predicted molar refractivity (Wildman–Crippen MR) is 138 cm³/mol. The van der Waals surface area contributed by atoms with Gasteiger partial charge in [-0.15, -0.1) is 0 Å². The summed E-state index contributed by atoms with van der Waals surface area (Å²) in [4.78, 5) is 9.98. The number of nitrogens with zero attached hydrogens (tertiary/aromatic N) is 4. The number of piperidine rings is 1. The molecular formula is C27H32BrN5. The SMILES string of the molecule is CC1CC=CC=C1c1ccc(-c2cnn3c(C(C)C)c(Br)c(CC4CCNCC4)nc23)cn1.